The highest BCUT2D eigenvalue weighted by molar-refractivity contribution is 6.30. The molecule has 0 spiro atoms. The van der Waals surface area contributed by atoms with Gasteiger partial charge in [0.15, 0.2) is 0 Å². The first-order valence-electron chi connectivity index (χ1n) is 7.15. The standard InChI is InChI=1S/C18H15ClO3/c1-2-3-15-14-9-6-12(11-4-7-13(19)8-5-11)10-16(14)22-17(15)18(20)21/h4-10H,2-3H2,1H3,(H,20,21). The van der Waals surface area contributed by atoms with Gasteiger partial charge in [0.25, 0.3) is 0 Å². The number of rotatable bonds is 4. The molecule has 112 valence electrons. The Hall–Kier alpha value is -2.26. The Balaban J connectivity index is 2.14. The van der Waals surface area contributed by atoms with Crippen molar-refractivity contribution in [1.29, 1.82) is 0 Å². The van der Waals surface area contributed by atoms with E-state index >= 15 is 0 Å². The van der Waals surface area contributed by atoms with Crippen LogP contribution >= 0.6 is 11.6 Å². The summed E-state index contributed by atoms with van der Waals surface area (Å²) >= 11 is 5.90. The quantitative estimate of drug-likeness (QED) is 0.701. The second-order valence-corrected chi connectivity index (χ2v) is 5.62. The Morgan fingerprint density at radius 3 is 2.45 bits per heavy atom. The van der Waals surface area contributed by atoms with Crippen LogP contribution in [0.2, 0.25) is 5.02 Å². The van der Waals surface area contributed by atoms with Crippen molar-refractivity contribution in [3.63, 3.8) is 0 Å². The first kappa shape index (κ1) is 14.7. The van der Waals surface area contributed by atoms with Gasteiger partial charge in [-0.2, -0.15) is 0 Å². The van der Waals surface area contributed by atoms with Crippen LogP contribution in [0.25, 0.3) is 22.1 Å². The first-order chi connectivity index (χ1) is 10.6. The smallest absolute Gasteiger partial charge is 0.372 e. The van der Waals surface area contributed by atoms with Crippen molar-refractivity contribution in [3.05, 3.63) is 58.8 Å². The fraction of sp³-hybridized carbons (Fsp3) is 0.167. The van der Waals surface area contributed by atoms with Crippen LogP contribution in [0.3, 0.4) is 0 Å². The zero-order chi connectivity index (χ0) is 15.7. The van der Waals surface area contributed by atoms with Crippen LogP contribution in [0.4, 0.5) is 0 Å². The van der Waals surface area contributed by atoms with Gasteiger partial charge in [-0.15, -0.1) is 0 Å². The molecule has 22 heavy (non-hydrogen) atoms. The molecule has 0 atom stereocenters. The van der Waals surface area contributed by atoms with E-state index in [-0.39, 0.29) is 5.76 Å². The van der Waals surface area contributed by atoms with Crippen LogP contribution in [-0.4, -0.2) is 11.1 Å². The lowest BCUT2D eigenvalue weighted by Crippen LogP contribution is -1.98. The predicted molar refractivity (Wildman–Crippen MR) is 87.6 cm³/mol. The van der Waals surface area contributed by atoms with Crippen LogP contribution in [0.5, 0.6) is 0 Å². The molecule has 0 aliphatic heterocycles. The number of benzene rings is 2. The SMILES string of the molecule is CCCc1c(C(=O)O)oc2cc(-c3ccc(Cl)cc3)ccc12. The molecule has 0 saturated heterocycles. The Morgan fingerprint density at radius 2 is 1.82 bits per heavy atom. The fourth-order valence-corrected chi connectivity index (χ4v) is 2.77. The number of fused-ring (bicyclic) bond motifs is 1. The maximum Gasteiger partial charge on any atom is 0.372 e. The number of hydrogen-bond acceptors (Lipinski definition) is 2. The molecule has 0 aliphatic rings. The summed E-state index contributed by atoms with van der Waals surface area (Å²) in [5, 5.41) is 10.9. The largest absolute Gasteiger partial charge is 0.475 e. The molecule has 0 aliphatic carbocycles. The molecule has 0 unspecified atom stereocenters. The Kier molecular flexibility index (Phi) is 3.90. The lowest BCUT2D eigenvalue weighted by molar-refractivity contribution is 0.0663. The van der Waals surface area contributed by atoms with Gasteiger partial charge in [-0.1, -0.05) is 49.2 Å². The maximum atomic E-state index is 11.4. The third kappa shape index (κ3) is 2.60. The number of halogens is 1. The van der Waals surface area contributed by atoms with E-state index in [1.807, 2.05) is 49.4 Å². The molecule has 0 fully saturated rings. The van der Waals surface area contributed by atoms with E-state index in [1.54, 1.807) is 0 Å². The molecule has 1 N–H and O–H groups in total. The predicted octanol–water partition coefficient (Wildman–Crippen LogP) is 5.40. The Morgan fingerprint density at radius 1 is 1.14 bits per heavy atom. The van der Waals surface area contributed by atoms with Crippen molar-refractivity contribution >= 4 is 28.5 Å². The summed E-state index contributed by atoms with van der Waals surface area (Å²) in [7, 11) is 0. The van der Waals surface area contributed by atoms with Crippen LogP contribution in [0.15, 0.2) is 46.9 Å². The molecule has 0 amide bonds. The highest BCUT2D eigenvalue weighted by atomic mass is 35.5. The van der Waals surface area contributed by atoms with Crippen molar-refractivity contribution in [2.24, 2.45) is 0 Å². The van der Waals surface area contributed by atoms with Crippen LogP contribution in [-0.2, 0) is 6.42 Å². The monoisotopic (exact) mass is 314 g/mol. The van der Waals surface area contributed by atoms with Gasteiger partial charge >= 0.3 is 5.97 Å². The van der Waals surface area contributed by atoms with E-state index in [2.05, 4.69) is 0 Å². The average Bonchev–Trinajstić information content (AvgIpc) is 2.87. The summed E-state index contributed by atoms with van der Waals surface area (Å²) in [6, 6.07) is 13.3. The zero-order valence-corrected chi connectivity index (χ0v) is 12.9. The summed E-state index contributed by atoms with van der Waals surface area (Å²) in [6.07, 6.45) is 1.56. The minimum absolute atomic E-state index is 0.0464. The first-order valence-corrected chi connectivity index (χ1v) is 7.52. The van der Waals surface area contributed by atoms with Crippen molar-refractivity contribution in [2.75, 3.05) is 0 Å². The minimum atomic E-state index is -1.02. The molecule has 3 aromatic rings. The van der Waals surface area contributed by atoms with E-state index in [1.165, 1.54) is 0 Å². The van der Waals surface area contributed by atoms with Gasteiger partial charge in [-0.3, -0.25) is 0 Å². The molecule has 2 aromatic carbocycles. The van der Waals surface area contributed by atoms with Crippen molar-refractivity contribution < 1.29 is 14.3 Å². The normalized spacial score (nSPS) is 11.0. The molecule has 3 nitrogen and oxygen atoms in total. The van der Waals surface area contributed by atoms with E-state index in [4.69, 9.17) is 16.0 Å². The summed E-state index contributed by atoms with van der Waals surface area (Å²) in [5.41, 5.74) is 3.36. The van der Waals surface area contributed by atoms with Crippen molar-refractivity contribution in [1.82, 2.24) is 0 Å². The van der Waals surface area contributed by atoms with Gasteiger partial charge in [0.05, 0.1) is 0 Å². The molecule has 0 bridgehead atoms. The molecule has 0 radical (unpaired) electrons. The van der Waals surface area contributed by atoms with E-state index < -0.39 is 5.97 Å². The molecular formula is C18H15ClO3. The minimum Gasteiger partial charge on any atom is -0.475 e. The molecule has 1 heterocycles. The van der Waals surface area contributed by atoms with Crippen molar-refractivity contribution in [2.45, 2.75) is 19.8 Å². The number of furan rings is 1. The molecule has 1 aromatic heterocycles. The molecule has 4 heteroatoms. The van der Waals surface area contributed by atoms with Gasteiger partial charge in [-0.25, -0.2) is 4.79 Å². The lowest BCUT2D eigenvalue weighted by atomic mass is 10.0. The van der Waals surface area contributed by atoms with E-state index in [9.17, 15) is 9.90 Å². The Labute approximate surface area is 133 Å². The molecule has 3 rings (SSSR count). The average molecular weight is 315 g/mol. The van der Waals surface area contributed by atoms with Gasteiger partial charge in [0, 0.05) is 16.0 Å². The maximum absolute atomic E-state index is 11.4. The van der Waals surface area contributed by atoms with Gasteiger partial charge in [-0.05, 0) is 35.7 Å². The third-order valence-electron chi connectivity index (χ3n) is 3.66. The molecular weight excluding hydrogens is 300 g/mol. The number of aromatic carboxylic acids is 1. The number of hydrogen-bond donors (Lipinski definition) is 1. The summed E-state index contributed by atoms with van der Waals surface area (Å²) in [6.45, 7) is 2.02. The van der Waals surface area contributed by atoms with Crippen molar-refractivity contribution in [3.8, 4) is 11.1 Å². The van der Waals surface area contributed by atoms with E-state index in [0.29, 0.717) is 17.0 Å². The second kappa shape index (κ2) is 5.85. The zero-order valence-electron chi connectivity index (χ0n) is 12.1. The highest BCUT2D eigenvalue weighted by Crippen LogP contribution is 2.31. The summed E-state index contributed by atoms with van der Waals surface area (Å²) in [5.74, 6) is -0.974. The van der Waals surface area contributed by atoms with Gasteiger partial charge in [0.2, 0.25) is 5.76 Å². The summed E-state index contributed by atoms with van der Waals surface area (Å²) < 4.78 is 5.57. The topological polar surface area (TPSA) is 50.4 Å². The second-order valence-electron chi connectivity index (χ2n) is 5.18. The Bertz CT molecular complexity index is 831. The van der Waals surface area contributed by atoms with Crippen LogP contribution < -0.4 is 0 Å². The van der Waals surface area contributed by atoms with Crippen LogP contribution in [0.1, 0.15) is 29.5 Å². The molecule has 0 saturated carbocycles. The number of carboxylic acid groups (broad SMARTS) is 1. The number of aryl methyl sites for hydroxylation is 1. The lowest BCUT2D eigenvalue weighted by Gasteiger charge is -2.02. The third-order valence-corrected chi connectivity index (χ3v) is 3.92. The van der Waals surface area contributed by atoms with Crippen LogP contribution in [0, 0.1) is 0 Å². The summed E-state index contributed by atoms with van der Waals surface area (Å²) in [4.78, 5) is 11.4. The number of carboxylic acids is 1. The number of carbonyl (C=O) groups is 1. The fourth-order valence-electron chi connectivity index (χ4n) is 2.64. The highest BCUT2D eigenvalue weighted by Gasteiger charge is 2.19. The van der Waals surface area contributed by atoms with E-state index in [0.717, 1.165) is 28.5 Å². The van der Waals surface area contributed by atoms with Gasteiger partial charge < -0.3 is 9.52 Å². The van der Waals surface area contributed by atoms with Gasteiger partial charge in [0.1, 0.15) is 5.58 Å².